The van der Waals surface area contributed by atoms with Crippen molar-refractivity contribution in [3.8, 4) is 0 Å². The molecule has 0 bridgehead atoms. The fourth-order valence-electron chi connectivity index (χ4n) is 3.52. The number of carbonyl (C=O) groups excluding carboxylic acids is 1. The molecule has 160 valence electrons. The van der Waals surface area contributed by atoms with Gasteiger partial charge < -0.3 is 5.32 Å². The lowest BCUT2D eigenvalue weighted by molar-refractivity contribution is 0.102. The summed E-state index contributed by atoms with van der Waals surface area (Å²) in [7, 11) is -3.73. The van der Waals surface area contributed by atoms with E-state index in [4.69, 9.17) is 0 Å². The van der Waals surface area contributed by atoms with E-state index in [1.165, 1.54) is 36.7 Å². The summed E-state index contributed by atoms with van der Waals surface area (Å²) in [5.74, 6) is -0.239. The molecule has 0 radical (unpaired) electrons. The standard InChI is InChI=1S/C23H24N4O3S/c28-23(19-7-5-18(6-8-19)17-27-14-1-2-15-27)25-20-9-11-22(12-10-20)31(29,30)26-21-4-3-13-24-16-21/h3-13,16,26H,1-2,14-15,17H2,(H,25,28). The maximum atomic E-state index is 12.5. The Morgan fingerprint density at radius 3 is 2.29 bits per heavy atom. The van der Waals surface area contributed by atoms with Crippen LogP contribution < -0.4 is 10.0 Å². The minimum absolute atomic E-state index is 0.0978. The van der Waals surface area contributed by atoms with E-state index in [9.17, 15) is 13.2 Å². The molecule has 1 fully saturated rings. The second kappa shape index (κ2) is 9.28. The highest BCUT2D eigenvalue weighted by Gasteiger charge is 2.15. The van der Waals surface area contributed by atoms with Gasteiger partial charge in [-0.2, -0.15) is 0 Å². The van der Waals surface area contributed by atoms with Gasteiger partial charge >= 0.3 is 0 Å². The normalized spacial score (nSPS) is 14.3. The lowest BCUT2D eigenvalue weighted by Crippen LogP contribution is -2.18. The van der Waals surface area contributed by atoms with Crippen LogP contribution in [-0.4, -0.2) is 37.3 Å². The molecular formula is C23H24N4O3S. The SMILES string of the molecule is O=C(Nc1ccc(S(=O)(=O)Nc2cccnc2)cc1)c1ccc(CN2CCCC2)cc1. The number of aromatic nitrogens is 1. The van der Waals surface area contributed by atoms with E-state index in [2.05, 4.69) is 19.9 Å². The molecule has 0 aliphatic carbocycles. The van der Waals surface area contributed by atoms with Crippen molar-refractivity contribution in [2.75, 3.05) is 23.1 Å². The van der Waals surface area contributed by atoms with Crippen molar-refractivity contribution >= 4 is 27.3 Å². The third kappa shape index (κ3) is 5.48. The molecule has 0 saturated carbocycles. The van der Waals surface area contributed by atoms with Gasteiger partial charge in [0.15, 0.2) is 0 Å². The van der Waals surface area contributed by atoms with Crippen LogP contribution in [0.4, 0.5) is 11.4 Å². The van der Waals surface area contributed by atoms with Gasteiger partial charge in [-0.1, -0.05) is 12.1 Å². The Balaban J connectivity index is 1.37. The largest absolute Gasteiger partial charge is 0.322 e. The summed E-state index contributed by atoms with van der Waals surface area (Å²) >= 11 is 0. The average molecular weight is 437 g/mol. The van der Waals surface area contributed by atoms with E-state index in [1.54, 1.807) is 30.5 Å². The Hall–Kier alpha value is -3.23. The first-order chi connectivity index (χ1) is 15.0. The molecule has 0 atom stereocenters. The van der Waals surface area contributed by atoms with E-state index < -0.39 is 10.0 Å². The number of anilines is 2. The lowest BCUT2D eigenvalue weighted by Gasteiger charge is -2.14. The lowest BCUT2D eigenvalue weighted by atomic mass is 10.1. The quantitative estimate of drug-likeness (QED) is 0.589. The molecule has 0 unspecified atom stereocenters. The van der Waals surface area contributed by atoms with Crippen molar-refractivity contribution in [1.82, 2.24) is 9.88 Å². The van der Waals surface area contributed by atoms with Crippen LogP contribution in [0, 0.1) is 0 Å². The predicted octanol–water partition coefficient (Wildman–Crippen LogP) is 3.73. The van der Waals surface area contributed by atoms with Gasteiger partial charge in [-0.3, -0.25) is 19.4 Å². The number of sulfonamides is 1. The smallest absolute Gasteiger partial charge is 0.261 e. The molecule has 7 nitrogen and oxygen atoms in total. The van der Waals surface area contributed by atoms with Crippen molar-refractivity contribution in [2.45, 2.75) is 24.3 Å². The maximum absolute atomic E-state index is 12.5. The number of carbonyl (C=O) groups is 1. The molecule has 2 N–H and O–H groups in total. The zero-order valence-electron chi connectivity index (χ0n) is 17.0. The molecule has 4 rings (SSSR count). The molecule has 31 heavy (non-hydrogen) atoms. The van der Waals surface area contributed by atoms with Gasteiger partial charge in [0.1, 0.15) is 0 Å². The number of nitrogens with one attached hydrogen (secondary N) is 2. The van der Waals surface area contributed by atoms with Crippen LogP contribution >= 0.6 is 0 Å². The maximum Gasteiger partial charge on any atom is 0.261 e. The zero-order valence-corrected chi connectivity index (χ0v) is 17.8. The summed E-state index contributed by atoms with van der Waals surface area (Å²) in [6.45, 7) is 3.17. The van der Waals surface area contributed by atoms with Gasteiger partial charge in [-0.15, -0.1) is 0 Å². The van der Waals surface area contributed by atoms with Crippen LogP contribution in [0.25, 0.3) is 0 Å². The van der Waals surface area contributed by atoms with Gasteiger partial charge in [-0.25, -0.2) is 8.42 Å². The highest BCUT2D eigenvalue weighted by Crippen LogP contribution is 2.19. The van der Waals surface area contributed by atoms with Crippen molar-refractivity contribution in [3.05, 3.63) is 84.2 Å². The second-order valence-electron chi connectivity index (χ2n) is 7.51. The molecule has 0 spiro atoms. The molecular weight excluding hydrogens is 412 g/mol. The molecule has 8 heteroatoms. The number of hydrogen-bond donors (Lipinski definition) is 2. The summed E-state index contributed by atoms with van der Waals surface area (Å²) < 4.78 is 27.4. The number of hydrogen-bond acceptors (Lipinski definition) is 5. The number of pyridine rings is 1. The first kappa shape index (κ1) is 21.0. The van der Waals surface area contributed by atoms with Crippen LogP contribution in [-0.2, 0) is 16.6 Å². The summed E-state index contributed by atoms with van der Waals surface area (Å²) in [4.78, 5) is 18.9. The van der Waals surface area contributed by atoms with Crippen molar-refractivity contribution in [3.63, 3.8) is 0 Å². The van der Waals surface area contributed by atoms with Crippen molar-refractivity contribution < 1.29 is 13.2 Å². The molecule has 1 aliphatic rings. The average Bonchev–Trinajstić information content (AvgIpc) is 3.28. The molecule has 2 heterocycles. The van der Waals surface area contributed by atoms with E-state index in [-0.39, 0.29) is 10.8 Å². The third-order valence-electron chi connectivity index (χ3n) is 5.16. The van der Waals surface area contributed by atoms with Crippen LogP contribution in [0.2, 0.25) is 0 Å². The monoisotopic (exact) mass is 436 g/mol. The van der Waals surface area contributed by atoms with Crippen LogP contribution in [0.3, 0.4) is 0 Å². The Morgan fingerprint density at radius 2 is 1.65 bits per heavy atom. The molecule has 1 aromatic heterocycles. The molecule has 3 aromatic rings. The topological polar surface area (TPSA) is 91.4 Å². The Labute approximate surface area is 182 Å². The van der Waals surface area contributed by atoms with Crippen molar-refractivity contribution in [1.29, 1.82) is 0 Å². The van der Waals surface area contributed by atoms with Crippen molar-refractivity contribution in [2.24, 2.45) is 0 Å². The molecule has 1 saturated heterocycles. The molecule has 1 amide bonds. The van der Waals surface area contributed by atoms with E-state index in [0.717, 1.165) is 19.6 Å². The van der Waals surface area contributed by atoms with Gasteiger partial charge in [0.2, 0.25) is 0 Å². The fraction of sp³-hybridized carbons (Fsp3) is 0.217. The first-order valence-corrected chi connectivity index (χ1v) is 11.6. The third-order valence-corrected chi connectivity index (χ3v) is 6.55. The molecule has 2 aromatic carbocycles. The zero-order chi connectivity index (χ0) is 21.7. The number of likely N-dealkylation sites (tertiary alicyclic amines) is 1. The highest BCUT2D eigenvalue weighted by molar-refractivity contribution is 7.92. The van der Waals surface area contributed by atoms with Crippen LogP contribution in [0.5, 0.6) is 0 Å². The van der Waals surface area contributed by atoms with Gasteiger partial charge in [0.25, 0.3) is 15.9 Å². The minimum atomic E-state index is -3.73. The number of nitrogens with zero attached hydrogens (tertiary/aromatic N) is 2. The van der Waals surface area contributed by atoms with Gasteiger partial charge in [-0.05, 0) is 80.0 Å². The summed E-state index contributed by atoms with van der Waals surface area (Å²) in [6.07, 6.45) is 5.50. The summed E-state index contributed by atoms with van der Waals surface area (Å²) in [5.41, 5.74) is 2.65. The Morgan fingerprint density at radius 1 is 0.935 bits per heavy atom. The summed E-state index contributed by atoms with van der Waals surface area (Å²) in [5, 5.41) is 2.80. The van der Waals surface area contributed by atoms with E-state index in [1.807, 2.05) is 24.3 Å². The summed E-state index contributed by atoms with van der Waals surface area (Å²) in [6, 6.07) is 16.9. The van der Waals surface area contributed by atoms with Gasteiger partial charge in [0, 0.05) is 24.0 Å². The van der Waals surface area contributed by atoms with Crippen LogP contribution in [0.15, 0.2) is 78.0 Å². The number of benzene rings is 2. The van der Waals surface area contributed by atoms with E-state index in [0.29, 0.717) is 16.9 Å². The number of amides is 1. The molecule has 1 aliphatic heterocycles. The van der Waals surface area contributed by atoms with Gasteiger partial charge in [0.05, 0.1) is 16.8 Å². The Kier molecular flexibility index (Phi) is 6.29. The van der Waals surface area contributed by atoms with E-state index >= 15 is 0 Å². The Bertz CT molecular complexity index is 1130. The highest BCUT2D eigenvalue weighted by atomic mass is 32.2. The minimum Gasteiger partial charge on any atom is -0.322 e. The fourth-order valence-corrected chi connectivity index (χ4v) is 4.56. The predicted molar refractivity (Wildman–Crippen MR) is 120 cm³/mol. The first-order valence-electron chi connectivity index (χ1n) is 10.2. The second-order valence-corrected chi connectivity index (χ2v) is 9.19. The number of rotatable bonds is 7. The van der Waals surface area contributed by atoms with Crippen LogP contribution in [0.1, 0.15) is 28.8 Å².